The van der Waals surface area contributed by atoms with Crippen LogP contribution in [0.4, 0.5) is 0 Å². The van der Waals surface area contributed by atoms with Gasteiger partial charge in [-0.15, -0.1) is 24.0 Å². The van der Waals surface area contributed by atoms with Gasteiger partial charge in [0.15, 0.2) is 15.8 Å². The fraction of sp³-hybridized carbons (Fsp3) is 0.900. The van der Waals surface area contributed by atoms with Gasteiger partial charge in [-0.25, -0.2) is 8.42 Å². The third kappa shape index (κ3) is 10.8. The number of hydrogen-bond donors (Lipinski definition) is 2. The Morgan fingerprint density at radius 1 is 1.29 bits per heavy atom. The van der Waals surface area contributed by atoms with Crippen LogP contribution in [-0.2, 0) is 9.84 Å². The molecule has 17 heavy (non-hydrogen) atoms. The van der Waals surface area contributed by atoms with Crippen LogP contribution in [0.15, 0.2) is 4.99 Å². The van der Waals surface area contributed by atoms with Crippen molar-refractivity contribution in [2.45, 2.75) is 33.7 Å². The zero-order valence-corrected chi connectivity index (χ0v) is 14.1. The Balaban J connectivity index is 0. The molecule has 0 spiro atoms. The van der Waals surface area contributed by atoms with E-state index in [1.807, 2.05) is 20.8 Å². The quantitative estimate of drug-likeness (QED) is 0.412. The minimum atomic E-state index is -2.92. The number of nitrogens with one attached hydrogen (secondary N) is 2. The number of hydrogen-bond acceptors (Lipinski definition) is 3. The van der Waals surface area contributed by atoms with Crippen LogP contribution in [-0.4, -0.2) is 45.0 Å². The Morgan fingerprint density at radius 3 is 2.29 bits per heavy atom. The molecular weight excluding hydrogens is 353 g/mol. The van der Waals surface area contributed by atoms with E-state index in [1.165, 1.54) is 0 Å². The molecule has 0 aromatic heterocycles. The second-order valence-corrected chi connectivity index (χ2v) is 6.27. The lowest BCUT2D eigenvalue weighted by molar-refractivity contribution is 0.597. The molecule has 5 nitrogen and oxygen atoms in total. The number of nitrogens with zero attached hydrogens (tertiary/aromatic N) is 1. The molecule has 0 unspecified atom stereocenters. The van der Waals surface area contributed by atoms with Crippen molar-refractivity contribution in [2.75, 3.05) is 24.6 Å². The van der Waals surface area contributed by atoms with Crippen molar-refractivity contribution in [1.29, 1.82) is 0 Å². The smallest absolute Gasteiger partial charge is 0.191 e. The first-order valence-electron chi connectivity index (χ1n) is 5.66. The molecule has 0 aromatic carbocycles. The molecule has 2 N–H and O–H groups in total. The normalized spacial score (nSPS) is 12.2. The highest BCUT2D eigenvalue weighted by molar-refractivity contribution is 14.0. The number of guanidine groups is 1. The van der Waals surface area contributed by atoms with Gasteiger partial charge < -0.3 is 10.6 Å². The number of sulfone groups is 1. The lowest BCUT2D eigenvalue weighted by Crippen LogP contribution is -2.41. The van der Waals surface area contributed by atoms with Crippen molar-refractivity contribution in [2.24, 2.45) is 4.99 Å². The molecule has 0 aliphatic carbocycles. The SMILES string of the molecule is CCNC(=NCCS(=O)(=O)CC)NC(C)C.I. The highest BCUT2D eigenvalue weighted by Crippen LogP contribution is 1.89. The van der Waals surface area contributed by atoms with Crippen molar-refractivity contribution in [1.82, 2.24) is 10.6 Å². The monoisotopic (exact) mass is 377 g/mol. The summed E-state index contributed by atoms with van der Waals surface area (Å²) in [6.45, 7) is 8.71. The summed E-state index contributed by atoms with van der Waals surface area (Å²) in [6, 6.07) is 0.278. The Bertz CT molecular complexity index is 316. The van der Waals surface area contributed by atoms with Crippen molar-refractivity contribution >= 4 is 39.8 Å². The highest BCUT2D eigenvalue weighted by Gasteiger charge is 2.06. The fourth-order valence-electron chi connectivity index (χ4n) is 1.03. The van der Waals surface area contributed by atoms with Crippen molar-refractivity contribution in [3.63, 3.8) is 0 Å². The van der Waals surface area contributed by atoms with E-state index in [1.54, 1.807) is 6.92 Å². The lowest BCUT2D eigenvalue weighted by Gasteiger charge is -2.13. The Labute approximate surface area is 122 Å². The Morgan fingerprint density at radius 2 is 1.88 bits per heavy atom. The summed E-state index contributed by atoms with van der Waals surface area (Å²) in [7, 11) is -2.92. The molecule has 0 rings (SSSR count). The molecule has 0 amide bonds. The van der Waals surface area contributed by atoms with Gasteiger partial charge in [0.1, 0.15) is 0 Å². The van der Waals surface area contributed by atoms with Crippen molar-refractivity contribution in [3.05, 3.63) is 0 Å². The van der Waals surface area contributed by atoms with Gasteiger partial charge in [0, 0.05) is 18.3 Å². The van der Waals surface area contributed by atoms with Gasteiger partial charge in [0.2, 0.25) is 0 Å². The van der Waals surface area contributed by atoms with Crippen molar-refractivity contribution in [3.8, 4) is 0 Å². The van der Waals surface area contributed by atoms with Crippen LogP contribution in [0.5, 0.6) is 0 Å². The van der Waals surface area contributed by atoms with E-state index in [0.717, 1.165) is 6.54 Å². The first-order valence-corrected chi connectivity index (χ1v) is 7.48. The standard InChI is InChI=1S/C10H23N3O2S.HI/c1-5-11-10(13-9(3)4)12-7-8-16(14,15)6-2;/h9H,5-8H2,1-4H3,(H2,11,12,13);1H. The Kier molecular flexibility index (Phi) is 11.3. The van der Waals surface area contributed by atoms with Gasteiger partial charge in [-0.3, -0.25) is 4.99 Å². The third-order valence-corrected chi connectivity index (χ3v) is 3.57. The maximum Gasteiger partial charge on any atom is 0.191 e. The molecule has 0 saturated heterocycles. The maximum absolute atomic E-state index is 11.3. The summed E-state index contributed by atoms with van der Waals surface area (Å²) < 4.78 is 22.5. The molecule has 0 aromatic rings. The summed E-state index contributed by atoms with van der Waals surface area (Å²) >= 11 is 0. The minimum absolute atomic E-state index is 0. The number of rotatable bonds is 6. The lowest BCUT2D eigenvalue weighted by atomic mass is 10.4. The molecule has 0 aliphatic heterocycles. The molecule has 0 fully saturated rings. The molecule has 0 bridgehead atoms. The predicted molar refractivity (Wildman–Crippen MR) is 84.0 cm³/mol. The summed E-state index contributed by atoms with van der Waals surface area (Å²) in [5.74, 6) is 0.957. The second-order valence-electron chi connectivity index (χ2n) is 3.80. The second kappa shape index (κ2) is 9.93. The Hall–Kier alpha value is -0.0500. The van der Waals surface area contributed by atoms with E-state index in [-0.39, 0.29) is 41.5 Å². The number of aliphatic imine (C=N–C) groups is 1. The van der Waals surface area contributed by atoms with Gasteiger partial charge in [-0.1, -0.05) is 6.92 Å². The average molecular weight is 377 g/mol. The van der Waals surface area contributed by atoms with E-state index in [0.29, 0.717) is 12.5 Å². The molecule has 0 saturated carbocycles. The van der Waals surface area contributed by atoms with Crippen molar-refractivity contribution < 1.29 is 8.42 Å². The summed E-state index contributed by atoms with van der Waals surface area (Å²) in [6.07, 6.45) is 0. The molecule has 0 atom stereocenters. The predicted octanol–water partition coefficient (Wildman–Crippen LogP) is 1.00. The van der Waals surface area contributed by atoms with Crippen LogP contribution in [0.2, 0.25) is 0 Å². The van der Waals surface area contributed by atoms with E-state index >= 15 is 0 Å². The largest absolute Gasteiger partial charge is 0.357 e. The topological polar surface area (TPSA) is 70.6 Å². The highest BCUT2D eigenvalue weighted by atomic mass is 127. The van der Waals surface area contributed by atoms with Crippen LogP contribution < -0.4 is 10.6 Å². The summed E-state index contributed by atoms with van der Waals surface area (Å²) in [5, 5.41) is 6.19. The molecule has 7 heteroatoms. The van der Waals surface area contributed by atoms with E-state index in [2.05, 4.69) is 15.6 Å². The zero-order chi connectivity index (χ0) is 12.6. The zero-order valence-electron chi connectivity index (χ0n) is 11.0. The molecule has 104 valence electrons. The molecular formula is C10H24IN3O2S. The third-order valence-electron chi connectivity index (χ3n) is 1.88. The average Bonchev–Trinajstić information content (AvgIpc) is 2.17. The van der Waals surface area contributed by atoms with Gasteiger partial charge in [-0.2, -0.15) is 0 Å². The first kappa shape index (κ1) is 19.3. The van der Waals surface area contributed by atoms with Crippen LogP contribution in [0.3, 0.4) is 0 Å². The van der Waals surface area contributed by atoms with Crippen LogP contribution in [0.25, 0.3) is 0 Å². The molecule has 0 heterocycles. The maximum atomic E-state index is 11.3. The van der Waals surface area contributed by atoms with Gasteiger partial charge in [0.05, 0.1) is 12.3 Å². The van der Waals surface area contributed by atoms with E-state index < -0.39 is 9.84 Å². The summed E-state index contributed by atoms with van der Waals surface area (Å²) in [5.41, 5.74) is 0. The van der Waals surface area contributed by atoms with Crippen LogP contribution >= 0.6 is 24.0 Å². The van der Waals surface area contributed by atoms with E-state index in [4.69, 9.17) is 0 Å². The molecule has 0 aliphatic rings. The summed E-state index contributed by atoms with van der Waals surface area (Å²) in [4.78, 5) is 4.20. The van der Waals surface area contributed by atoms with Gasteiger partial charge >= 0.3 is 0 Å². The molecule has 0 radical (unpaired) electrons. The van der Waals surface area contributed by atoms with Gasteiger partial charge in [0.25, 0.3) is 0 Å². The first-order chi connectivity index (χ1) is 7.41. The fourth-order valence-corrected chi connectivity index (χ4v) is 1.69. The van der Waals surface area contributed by atoms with Crippen LogP contribution in [0, 0.1) is 0 Å². The van der Waals surface area contributed by atoms with E-state index in [9.17, 15) is 8.42 Å². The van der Waals surface area contributed by atoms with Crippen LogP contribution in [0.1, 0.15) is 27.7 Å². The minimum Gasteiger partial charge on any atom is -0.357 e. The van der Waals surface area contributed by atoms with Gasteiger partial charge in [-0.05, 0) is 20.8 Å². The number of halogens is 1.